The number of nitrogens with zero attached hydrogens (tertiary/aromatic N) is 1. The van der Waals surface area contributed by atoms with E-state index >= 15 is 0 Å². The highest BCUT2D eigenvalue weighted by molar-refractivity contribution is 5.74. The number of aryl methyl sites for hydroxylation is 1. The molecule has 3 aliphatic rings. The van der Waals surface area contributed by atoms with Crippen molar-refractivity contribution in [1.29, 1.82) is 0 Å². The van der Waals surface area contributed by atoms with Crippen molar-refractivity contribution in [3.05, 3.63) is 118 Å². The Labute approximate surface area is 185 Å². The molecule has 0 fully saturated rings. The Hall–Kier alpha value is -3.32. The minimum atomic E-state index is 1.00. The van der Waals surface area contributed by atoms with E-state index in [9.17, 15) is 0 Å². The largest absolute Gasteiger partial charge is 0.369 e. The van der Waals surface area contributed by atoms with E-state index in [-0.39, 0.29) is 0 Å². The molecule has 31 heavy (non-hydrogen) atoms. The number of hydrogen-bond donors (Lipinski definition) is 0. The Morgan fingerprint density at radius 1 is 0.710 bits per heavy atom. The van der Waals surface area contributed by atoms with E-state index in [0.717, 1.165) is 19.5 Å². The second kappa shape index (κ2) is 9.22. The highest BCUT2D eigenvalue weighted by Crippen LogP contribution is 2.24. The number of hydrogen-bond acceptors (Lipinski definition) is 1. The van der Waals surface area contributed by atoms with Crippen LogP contribution in [0, 0.1) is 0 Å². The average molecular weight is 404 g/mol. The molecule has 0 bridgehead atoms. The van der Waals surface area contributed by atoms with E-state index < -0.39 is 0 Å². The van der Waals surface area contributed by atoms with Crippen LogP contribution in [0.2, 0.25) is 0 Å². The first-order valence-electron chi connectivity index (χ1n) is 11.4. The molecule has 154 valence electrons. The first-order valence-corrected chi connectivity index (χ1v) is 11.4. The summed E-state index contributed by atoms with van der Waals surface area (Å²) in [5, 5.41) is 2.99. The van der Waals surface area contributed by atoms with Crippen LogP contribution in [0.1, 0.15) is 29.5 Å². The molecule has 0 unspecified atom stereocenters. The molecular weight excluding hydrogens is 374 g/mol. The zero-order valence-corrected chi connectivity index (χ0v) is 18.0. The Bertz CT molecular complexity index is 1230. The minimum absolute atomic E-state index is 1.00. The van der Waals surface area contributed by atoms with Gasteiger partial charge in [-0.25, -0.2) is 0 Å². The fourth-order valence-electron chi connectivity index (χ4n) is 4.75. The van der Waals surface area contributed by atoms with Crippen LogP contribution >= 0.6 is 0 Å². The average Bonchev–Trinajstić information content (AvgIpc) is 2.85. The van der Waals surface area contributed by atoms with Gasteiger partial charge in [0, 0.05) is 13.1 Å². The van der Waals surface area contributed by atoms with Crippen LogP contribution in [0.3, 0.4) is 0 Å². The number of allylic oxidation sites excluding steroid dienone is 2. The third-order valence-corrected chi connectivity index (χ3v) is 6.32. The maximum absolute atomic E-state index is 2.43. The Morgan fingerprint density at radius 3 is 2.45 bits per heavy atom. The van der Waals surface area contributed by atoms with E-state index in [1.165, 1.54) is 57.5 Å². The Kier molecular flexibility index (Phi) is 5.84. The Balaban J connectivity index is 0.000000140. The number of fused-ring (bicyclic) bond motifs is 5. The van der Waals surface area contributed by atoms with Gasteiger partial charge < -0.3 is 4.90 Å². The highest BCUT2D eigenvalue weighted by Gasteiger charge is 2.13. The van der Waals surface area contributed by atoms with Crippen molar-refractivity contribution in [3.63, 3.8) is 0 Å². The van der Waals surface area contributed by atoms with E-state index in [1.807, 2.05) is 0 Å². The highest BCUT2D eigenvalue weighted by atomic mass is 15.1. The summed E-state index contributed by atoms with van der Waals surface area (Å²) >= 11 is 0. The van der Waals surface area contributed by atoms with Crippen molar-refractivity contribution < 1.29 is 0 Å². The first-order chi connectivity index (χ1) is 15.4. The van der Waals surface area contributed by atoms with E-state index in [1.54, 1.807) is 0 Å². The summed E-state index contributed by atoms with van der Waals surface area (Å²) in [7, 11) is 0. The van der Waals surface area contributed by atoms with Crippen LogP contribution in [-0.4, -0.2) is 11.4 Å². The summed E-state index contributed by atoms with van der Waals surface area (Å²) in [4.78, 5) is 2.29. The molecule has 2 aliphatic carbocycles. The summed E-state index contributed by atoms with van der Waals surface area (Å²) in [6, 6.07) is 24.0. The molecule has 1 heteroatoms. The molecule has 3 aromatic rings. The number of rotatable bonds is 2. The molecule has 6 rings (SSSR count). The fraction of sp³-hybridized carbons (Fsp3) is 0.200. The van der Waals surface area contributed by atoms with Crippen molar-refractivity contribution in [1.82, 2.24) is 4.90 Å². The van der Waals surface area contributed by atoms with Gasteiger partial charge >= 0.3 is 0 Å². The normalized spacial score (nSPS) is 15.4. The molecule has 1 nitrogen and oxygen atoms in total. The van der Waals surface area contributed by atoms with Crippen molar-refractivity contribution in [2.24, 2.45) is 0 Å². The topological polar surface area (TPSA) is 3.24 Å². The lowest BCUT2D eigenvalue weighted by atomic mass is 9.87. The predicted molar refractivity (Wildman–Crippen MR) is 132 cm³/mol. The van der Waals surface area contributed by atoms with Gasteiger partial charge in [-0.15, -0.1) is 0 Å². The molecule has 0 amide bonds. The first kappa shape index (κ1) is 19.6. The zero-order chi connectivity index (χ0) is 20.9. The van der Waals surface area contributed by atoms with Crippen LogP contribution in [0.15, 0.2) is 91.2 Å². The maximum Gasteiger partial charge on any atom is 0.0427 e. The van der Waals surface area contributed by atoms with E-state index in [4.69, 9.17) is 0 Å². The van der Waals surface area contributed by atoms with Crippen LogP contribution in [0.25, 0.3) is 23.3 Å². The molecule has 0 atom stereocenters. The molecule has 3 aromatic carbocycles. The van der Waals surface area contributed by atoms with Gasteiger partial charge in [-0.1, -0.05) is 91.0 Å². The predicted octanol–water partition coefficient (Wildman–Crippen LogP) is 5.38. The van der Waals surface area contributed by atoms with Crippen molar-refractivity contribution in [3.8, 4) is 11.1 Å². The van der Waals surface area contributed by atoms with Crippen LogP contribution in [-0.2, 0) is 19.4 Å². The van der Waals surface area contributed by atoms with Gasteiger partial charge in [-0.2, -0.15) is 0 Å². The van der Waals surface area contributed by atoms with E-state index in [2.05, 4.69) is 108 Å². The van der Waals surface area contributed by atoms with Gasteiger partial charge in [0.1, 0.15) is 0 Å². The summed E-state index contributed by atoms with van der Waals surface area (Å²) in [5.74, 6) is 0. The smallest absolute Gasteiger partial charge is 0.0427 e. The van der Waals surface area contributed by atoms with Crippen molar-refractivity contribution >= 4 is 12.2 Å². The van der Waals surface area contributed by atoms with Gasteiger partial charge in [0.05, 0.1) is 0 Å². The summed E-state index contributed by atoms with van der Waals surface area (Å²) < 4.78 is 0. The summed E-state index contributed by atoms with van der Waals surface area (Å²) in [5.41, 5.74) is 7.21. The third kappa shape index (κ3) is 4.41. The quantitative estimate of drug-likeness (QED) is 0.555. The maximum atomic E-state index is 2.43. The molecule has 1 heterocycles. The van der Waals surface area contributed by atoms with Gasteiger partial charge in [-0.3, -0.25) is 0 Å². The minimum Gasteiger partial charge on any atom is -0.369 e. The number of benzene rings is 3. The van der Waals surface area contributed by atoms with Crippen LogP contribution < -0.4 is 10.4 Å². The molecule has 1 aliphatic heterocycles. The monoisotopic (exact) mass is 403 g/mol. The summed E-state index contributed by atoms with van der Waals surface area (Å²) in [6.45, 7) is 2.02. The zero-order valence-electron chi connectivity index (χ0n) is 18.0. The van der Waals surface area contributed by atoms with Crippen molar-refractivity contribution in [2.45, 2.75) is 32.2 Å². The van der Waals surface area contributed by atoms with Crippen LogP contribution in [0.4, 0.5) is 0 Å². The van der Waals surface area contributed by atoms with E-state index in [0.29, 0.717) is 0 Å². The molecule has 0 N–H and O–H groups in total. The lowest BCUT2D eigenvalue weighted by Crippen LogP contribution is -2.33. The second-order valence-electron chi connectivity index (χ2n) is 8.45. The van der Waals surface area contributed by atoms with Gasteiger partial charge in [-0.05, 0) is 76.2 Å². The van der Waals surface area contributed by atoms with Gasteiger partial charge in [0.25, 0.3) is 0 Å². The molecule has 0 aromatic heterocycles. The molecule has 0 saturated carbocycles. The second-order valence-corrected chi connectivity index (χ2v) is 8.45. The van der Waals surface area contributed by atoms with Crippen molar-refractivity contribution in [2.75, 3.05) is 6.54 Å². The molecule has 0 radical (unpaired) electrons. The third-order valence-electron chi connectivity index (χ3n) is 6.32. The van der Waals surface area contributed by atoms with Gasteiger partial charge in [0.15, 0.2) is 0 Å². The Morgan fingerprint density at radius 2 is 1.58 bits per heavy atom. The summed E-state index contributed by atoms with van der Waals surface area (Å²) in [6.07, 6.45) is 18.2. The molecule has 0 spiro atoms. The standard InChI is InChI=1S/C18H16.C12H13N/c1-3-7-15-13(5-1)9-11-18-16-8-4-2-6-14(16)10-12-17(15)18;1-3-7-12(8-4-1)11-13-9-5-2-6-10-13/h1,3,5,7-8,10-12H,2,4,6,9H2;1-9H,10-11H2. The molecular formula is C30H29N. The fourth-order valence-corrected chi connectivity index (χ4v) is 4.75. The lowest BCUT2D eigenvalue weighted by molar-refractivity contribution is 0.405. The van der Waals surface area contributed by atoms with Crippen LogP contribution in [0.5, 0.6) is 0 Å². The molecule has 0 saturated heterocycles. The lowest BCUT2D eigenvalue weighted by Gasteiger charge is -2.20. The SMILES string of the molecule is C1=CCN(Cc2ccccc2)C=C1.C1=c2c(ccc3c2=CCc2ccccc2-3)CCC1. The van der Waals surface area contributed by atoms with Gasteiger partial charge in [0.2, 0.25) is 0 Å².